The van der Waals surface area contributed by atoms with Crippen molar-refractivity contribution in [3.05, 3.63) is 22.1 Å². The second-order valence-electron chi connectivity index (χ2n) is 2.19. The van der Waals surface area contributed by atoms with Crippen molar-refractivity contribution >= 4 is 0 Å². The molecule has 1 aromatic rings. The van der Waals surface area contributed by atoms with E-state index in [0.29, 0.717) is 12.0 Å². The molecule has 60 valence electrons. The number of aromatic nitrogens is 1. The number of hydrogen-bond donors (Lipinski definition) is 3. The van der Waals surface area contributed by atoms with Gasteiger partial charge in [0.1, 0.15) is 0 Å². The first-order valence-electron chi connectivity index (χ1n) is 3.29. The van der Waals surface area contributed by atoms with Gasteiger partial charge < -0.3 is 15.2 Å². The van der Waals surface area contributed by atoms with Crippen LogP contribution in [0.15, 0.2) is 11.0 Å². The summed E-state index contributed by atoms with van der Waals surface area (Å²) in [5.74, 6) is -0.930. The molecule has 4 heteroatoms. The highest BCUT2D eigenvalue weighted by Gasteiger charge is 2.07. The third-order valence-electron chi connectivity index (χ3n) is 1.50. The number of aryl methyl sites for hydroxylation is 1. The minimum Gasteiger partial charge on any atom is -0.504 e. The van der Waals surface area contributed by atoms with Gasteiger partial charge in [-0.3, -0.25) is 4.79 Å². The van der Waals surface area contributed by atoms with Crippen LogP contribution in [0.5, 0.6) is 11.5 Å². The molecule has 0 fully saturated rings. The van der Waals surface area contributed by atoms with Crippen LogP contribution in [-0.4, -0.2) is 15.2 Å². The topological polar surface area (TPSA) is 73.3 Å². The van der Waals surface area contributed by atoms with Crippen molar-refractivity contribution in [1.82, 2.24) is 4.98 Å². The third-order valence-corrected chi connectivity index (χ3v) is 1.50. The Labute approximate surface area is 63.1 Å². The Morgan fingerprint density at radius 3 is 2.64 bits per heavy atom. The van der Waals surface area contributed by atoms with Crippen LogP contribution < -0.4 is 5.56 Å². The number of aromatic amines is 1. The number of pyridine rings is 1. The van der Waals surface area contributed by atoms with Gasteiger partial charge in [-0.05, 0) is 6.42 Å². The van der Waals surface area contributed by atoms with E-state index in [2.05, 4.69) is 4.98 Å². The molecule has 3 N–H and O–H groups in total. The average molecular weight is 155 g/mol. The molecule has 0 aromatic carbocycles. The summed E-state index contributed by atoms with van der Waals surface area (Å²) in [7, 11) is 0. The molecule has 4 nitrogen and oxygen atoms in total. The maximum absolute atomic E-state index is 10.6. The largest absolute Gasteiger partial charge is 0.504 e. The predicted molar refractivity (Wildman–Crippen MR) is 39.8 cm³/mol. The molecular formula is C7H9NO3. The van der Waals surface area contributed by atoms with Crippen molar-refractivity contribution < 1.29 is 10.2 Å². The van der Waals surface area contributed by atoms with E-state index in [4.69, 9.17) is 10.2 Å². The first-order chi connectivity index (χ1) is 5.16. The lowest BCUT2D eigenvalue weighted by atomic mass is 10.2. The lowest BCUT2D eigenvalue weighted by Gasteiger charge is -2.00. The Hall–Kier alpha value is -1.45. The minimum atomic E-state index is -0.667. The van der Waals surface area contributed by atoms with Gasteiger partial charge in [-0.15, -0.1) is 0 Å². The Bertz CT molecular complexity index is 316. The fourth-order valence-corrected chi connectivity index (χ4v) is 0.819. The van der Waals surface area contributed by atoms with Crippen molar-refractivity contribution in [2.45, 2.75) is 13.3 Å². The molecule has 0 saturated heterocycles. The molecule has 0 aliphatic rings. The van der Waals surface area contributed by atoms with E-state index < -0.39 is 11.3 Å². The van der Waals surface area contributed by atoms with Crippen LogP contribution in [0, 0.1) is 0 Å². The Morgan fingerprint density at radius 2 is 2.09 bits per heavy atom. The van der Waals surface area contributed by atoms with E-state index >= 15 is 0 Å². The molecule has 0 unspecified atom stereocenters. The van der Waals surface area contributed by atoms with E-state index in [1.54, 1.807) is 0 Å². The Kier molecular flexibility index (Phi) is 1.85. The zero-order valence-corrected chi connectivity index (χ0v) is 6.09. The van der Waals surface area contributed by atoms with Crippen LogP contribution in [0.4, 0.5) is 0 Å². The summed E-state index contributed by atoms with van der Waals surface area (Å²) in [5, 5.41) is 18.0. The summed E-state index contributed by atoms with van der Waals surface area (Å²) < 4.78 is 0. The lowest BCUT2D eigenvalue weighted by Crippen LogP contribution is -2.05. The van der Waals surface area contributed by atoms with Crippen LogP contribution in [0.2, 0.25) is 0 Å². The summed E-state index contributed by atoms with van der Waals surface area (Å²) in [6.07, 6.45) is 1.95. The molecule has 0 spiro atoms. The summed E-state index contributed by atoms with van der Waals surface area (Å²) in [6.45, 7) is 1.81. The van der Waals surface area contributed by atoms with Gasteiger partial charge in [0.15, 0.2) is 5.75 Å². The summed E-state index contributed by atoms with van der Waals surface area (Å²) in [5.41, 5.74) is -0.137. The average Bonchev–Trinajstić information content (AvgIpc) is 2.01. The number of aromatic hydroxyl groups is 2. The fraction of sp³-hybridized carbons (Fsp3) is 0.286. The van der Waals surface area contributed by atoms with Crippen molar-refractivity contribution in [2.24, 2.45) is 0 Å². The fourth-order valence-electron chi connectivity index (χ4n) is 0.819. The van der Waals surface area contributed by atoms with Crippen molar-refractivity contribution in [1.29, 1.82) is 0 Å². The van der Waals surface area contributed by atoms with E-state index in [1.807, 2.05) is 6.92 Å². The predicted octanol–water partition coefficient (Wildman–Crippen LogP) is 0.348. The molecule has 1 rings (SSSR count). The molecule has 11 heavy (non-hydrogen) atoms. The van der Waals surface area contributed by atoms with E-state index in [-0.39, 0.29) is 5.75 Å². The van der Waals surface area contributed by atoms with E-state index in [0.717, 1.165) is 0 Å². The molecule has 0 aliphatic heterocycles. The highest BCUT2D eigenvalue weighted by atomic mass is 16.3. The van der Waals surface area contributed by atoms with Gasteiger partial charge in [0.05, 0.1) is 0 Å². The normalized spacial score (nSPS) is 9.91. The van der Waals surface area contributed by atoms with Gasteiger partial charge in [0.2, 0.25) is 5.75 Å². The standard InChI is InChI=1S/C7H9NO3/c1-2-4-3-8-7(11)6(10)5(4)9/h3,10H,2H2,1H3,(H2,8,9,11). The van der Waals surface area contributed by atoms with Crippen molar-refractivity contribution in [3.63, 3.8) is 0 Å². The van der Waals surface area contributed by atoms with Crippen LogP contribution in [0.3, 0.4) is 0 Å². The molecule has 0 saturated carbocycles. The SMILES string of the molecule is CCc1c[nH]c(=O)c(O)c1O. The molecule has 1 aromatic heterocycles. The number of nitrogens with one attached hydrogen (secondary N) is 1. The summed E-state index contributed by atoms with van der Waals surface area (Å²) in [4.78, 5) is 12.9. The first-order valence-corrected chi connectivity index (χ1v) is 3.29. The van der Waals surface area contributed by atoms with Gasteiger partial charge >= 0.3 is 0 Å². The summed E-state index contributed by atoms with van der Waals surface area (Å²) in [6, 6.07) is 0. The number of hydrogen-bond acceptors (Lipinski definition) is 3. The molecule has 0 aliphatic carbocycles. The quantitative estimate of drug-likeness (QED) is 0.547. The van der Waals surface area contributed by atoms with Crippen LogP contribution in [0.1, 0.15) is 12.5 Å². The second kappa shape index (κ2) is 2.65. The highest BCUT2D eigenvalue weighted by Crippen LogP contribution is 2.23. The minimum absolute atomic E-state index is 0.323. The van der Waals surface area contributed by atoms with Gasteiger partial charge in [-0.25, -0.2) is 0 Å². The molecule has 0 radical (unpaired) electrons. The molecular weight excluding hydrogens is 146 g/mol. The molecule has 1 heterocycles. The van der Waals surface area contributed by atoms with Gasteiger partial charge in [-0.2, -0.15) is 0 Å². The molecule has 0 atom stereocenters. The zero-order chi connectivity index (χ0) is 8.43. The van der Waals surface area contributed by atoms with Gasteiger partial charge in [-0.1, -0.05) is 6.92 Å². The van der Waals surface area contributed by atoms with Crippen molar-refractivity contribution in [3.8, 4) is 11.5 Å². The van der Waals surface area contributed by atoms with Crippen LogP contribution in [0.25, 0.3) is 0 Å². The van der Waals surface area contributed by atoms with Crippen LogP contribution in [-0.2, 0) is 6.42 Å². The molecule has 0 bridgehead atoms. The van der Waals surface area contributed by atoms with E-state index in [9.17, 15) is 4.79 Å². The maximum atomic E-state index is 10.6. The first kappa shape index (κ1) is 7.65. The van der Waals surface area contributed by atoms with Gasteiger partial charge in [0.25, 0.3) is 5.56 Å². The van der Waals surface area contributed by atoms with Crippen LogP contribution >= 0.6 is 0 Å². The monoisotopic (exact) mass is 155 g/mol. The zero-order valence-electron chi connectivity index (χ0n) is 6.09. The number of H-pyrrole nitrogens is 1. The van der Waals surface area contributed by atoms with Crippen molar-refractivity contribution in [2.75, 3.05) is 0 Å². The smallest absolute Gasteiger partial charge is 0.294 e. The van der Waals surface area contributed by atoms with E-state index in [1.165, 1.54) is 6.20 Å². The maximum Gasteiger partial charge on any atom is 0.294 e. The second-order valence-corrected chi connectivity index (χ2v) is 2.19. The summed E-state index contributed by atoms with van der Waals surface area (Å²) >= 11 is 0. The Balaban J connectivity index is 3.37. The number of rotatable bonds is 1. The highest BCUT2D eigenvalue weighted by molar-refractivity contribution is 5.41. The van der Waals surface area contributed by atoms with Gasteiger partial charge in [0, 0.05) is 11.8 Å². The lowest BCUT2D eigenvalue weighted by molar-refractivity contribution is 0.393. The molecule has 0 amide bonds. The Morgan fingerprint density at radius 1 is 1.45 bits per heavy atom. The third kappa shape index (κ3) is 1.19.